The lowest BCUT2D eigenvalue weighted by atomic mass is 9.92. The second-order valence-corrected chi connectivity index (χ2v) is 10.3. The first kappa shape index (κ1) is 26.8. The first-order valence-electron chi connectivity index (χ1n) is 11.8. The molecular weight excluding hydrogens is 464 g/mol. The zero-order valence-corrected chi connectivity index (χ0v) is 21.5. The van der Waals surface area contributed by atoms with E-state index in [0.29, 0.717) is 11.9 Å². The Balaban J connectivity index is 1.82. The average molecular weight is 498 g/mol. The Morgan fingerprint density at radius 3 is 2.28 bits per heavy atom. The zero-order chi connectivity index (χ0) is 26.6. The Hall–Kier alpha value is -3.75. The molecule has 0 radical (unpaired) electrons. The van der Waals surface area contributed by atoms with Crippen LogP contribution in [0.3, 0.4) is 0 Å². The predicted octanol–water partition coefficient (Wildman–Crippen LogP) is 5.89. The largest absolute Gasteiger partial charge is 0.322 e. The van der Waals surface area contributed by atoms with E-state index in [1.165, 1.54) is 4.90 Å². The molecule has 3 aromatic rings. The first-order valence-corrected chi connectivity index (χ1v) is 11.8. The average Bonchev–Trinajstić information content (AvgIpc) is 3.19. The van der Waals surface area contributed by atoms with Gasteiger partial charge in [0.25, 0.3) is 0 Å². The number of nitrogens with zero attached hydrogens (tertiary/aromatic N) is 3. The molecule has 1 aromatic heterocycles. The molecule has 0 aliphatic carbocycles. The maximum Gasteiger partial charge on any atom is 0.322 e. The monoisotopic (exact) mass is 497 g/mol. The summed E-state index contributed by atoms with van der Waals surface area (Å²) >= 11 is 0. The van der Waals surface area contributed by atoms with Crippen molar-refractivity contribution in [1.82, 2.24) is 14.7 Å². The van der Waals surface area contributed by atoms with E-state index in [0.717, 1.165) is 29.1 Å². The van der Waals surface area contributed by atoms with Gasteiger partial charge in [0.1, 0.15) is 24.0 Å². The number of anilines is 2. The highest BCUT2D eigenvalue weighted by molar-refractivity contribution is 5.96. The second-order valence-electron chi connectivity index (χ2n) is 10.3. The van der Waals surface area contributed by atoms with Crippen molar-refractivity contribution >= 4 is 23.4 Å². The molecule has 192 valence electrons. The predicted molar refractivity (Wildman–Crippen MR) is 137 cm³/mol. The Morgan fingerprint density at radius 2 is 1.69 bits per heavy atom. The summed E-state index contributed by atoms with van der Waals surface area (Å²) in [6.07, 6.45) is 0. The molecule has 1 heterocycles. The molecule has 2 aromatic carbocycles. The van der Waals surface area contributed by atoms with Gasteiger partial charge < -0.3 is 15.5 Å². The van der Waals surface area contributed by atoms with E-state index >= 15 is 0 Å². The van der Waals surface area contributed by atoms with Crippen LogP contribution < -0.4 is 10.6 Å². The molecule has 0 saturated carbocycles. The summed E-state index contributed by atoms with van der Waals surface area (Å²) < 4.78 is 28.9. The van der Waals surface area contributed by atoms with Crippen LogP contribution in [0.4, 0.5) is 25.1 Å². The van der Waals surface area contributed by atoms with Crippen molar-refractivity contribution in [3.05, 3.63) is 71.4 Å². The van der Waals surface area contributed by atoms with Gasteiger partial charge >= 0.3 is 6.03 Å². The second kappa shape index (κ2) is 10.9. The first-order chi connectivity index (χ1) is 16.8. The molecule has 2 N–H and O–H groups in total. The van der Waals surface area contributed by atoms with Crippen molar-refractivity contribution in [3.63, 3.8) is 0 Å². The fourth-order valence-corrected chi connectivity index (χ4v) is 3.52. The highest BCUT2D eigenvalue weighted by Crippen LogP contribution is 2.26. The van der Waals surface area contributed by atoms with Crippen LogP contribution in [0.25, 0.3) is 5.69 Å². The van der Waals surface area contributed by atoms with Crippen molar-refractivity contribution in [3.8, 4) is 5.69 Å². The van der Waals surface area contributed by atoms with Gasteiger partial charge in [-0.05, 0) is 37.1 Å². The van der Waals surface area contributed by atoms with Gasteiger partial charge in [0.05, 0.1) is 17.1 Å². The molecular formula is C27H33F2N5O2. The topological polar surface area (TPSA) is 79.3 Å². The van der Waals surface area contributed by atoms with Crippen LogP contribution >= 0.6 is 0 Å². The Morgan fingerprint density at radius 1 is 1.03 bits per heavy atom. The molecule has 0 fully saturated rings. The standard InChI is InChI=1S/C27H33F2N5O2/c1-17(2)15-33(26(36)30-22-12-9-19(28)13-21(22)29)16-25(35)31-24-14-23(27(4,5)6)32-34(24)20-10-7-18(3)8-11-20/h7-14,17H,15-16H2,1-6H3,(H,30,36)(H,31,35). The van der Waals surface area contributed by atoms with Gasteiger partial charge in [-0.2, -0.15) is 5.10 Å². The normalized spacial score (nSPS) is 11.5. The summed E-state index contributed by atoms with van der Waals surface area (Å²) in [7, 11) is 0. The molecule has 0 aliphatic rings. The van der Waals surface area contributed by atoms with Crippen LogP contribution in [0, 0.1) is 24.5 Å². The number of urea groups is 1. The van der Waals surface area contributed by atoms with E-state index in [4.69, 9.17) is 5.10 Å². The number of hydrogen-bond donors (Lipinski definition) is 2. The Kier molecular flexibility index (Phi) is 8.12. The Labute approximate surface area is 210 Å². The highest BCUT2D eigenvalue weighted by atomic mass is 19.1. The fourth-order valence-electron chi connectivity index (χ4n) is 3.52. The Bertz CT molecular complexity index is 1230. The lowest BCUT2D eigenvalue weighted by Gasteiger charge is -2.24. The minimum atomic E-state index is -0.894. The molecule has 0 bridgehead atoms. The summed E-state index contributed by atoms with van der Waals surface area (Å²) in [5.74, 6) is -1.55. The number of benzene rings is 2. The van der Waals surface area contributed by atoms with Gasteiger partial charge in [-0.15, -0.1) is 0 Å². The highest BCUT2D eigenvalue weighted by Gasteiger charge is 2.24. The number of nitrogens with one attached hydrogen (secondary N) is 2. The number of amides is 3. The van der Waals surface area contributed by atoms with E-state index in [2.05, 4.69) is 10.6 Å². The third-order valence-corrected chi connectivity index (χ3v) is 5.40. The number of carbonyl (C=O) groups excluding carboxylic acids is 2. The molecule has 3 amide bonds. The minimum absolute atomic E-state index is 0.0483. The van der Waals surface area contributed by atoms with Gasteiger partial charge in [0.15, 0.2) is 0 Å². The summed E-state index contributed by atoms with van der Waals surface area (Å²) in [5.41, 5.74) is 2.26. The van der Waals surface area contributed by atoms with E-state index in [1.807, 2.05) is 71.9 Å². The van der Waals surface area contributed by atoms with Crippen molar-refractivity contribution < 1.29 is 18.4 Å². The minimum Gasteiger partial charge on any atom is -0.315 e. The maximum atomic E-state index is 14.1. The fraction of sp³-hybridized carbons (Fsp3) is 0.370. The molecule has 0 spiro atoms. The van der Waals surface area contributed by atoms with Crippen molar-refractivity contribution in [1.29, 1.82) is 0 Å². The number of carbonyl (C=O) groups is 2. The number of aryl methyl sites for hydroxylation is 1. The van der Waals surface area contributed by atoms with Gasteiger partial charge in [-0.3, -0.25) is 4.79 Å². The molecule has 0 aliphatic heterocycles. The van der Waals surface area contributed by atoms with Crippen LogP contribution in [-0.4, -0.2) is 39.7 Å². The molecule has 7 nitrogen and oxygen atoms in total. The maximum absolute atomic E-state index is 14.1. The number of hydrogen-bond acceptors (Lipinski definition) is 3. The smallest absolute Gasteiger partial charge is 0.315 e. The lowest BCUT2D eigenvalue weighted by Crippen LogP contribution is -2.42. The molecule has 3 rings (SSSR count). The molecule has 0 saturated heterocycles. The van der Waals surface area contributed by atoms with Gasteiger partial charge in [-0.1, -0.05) is 52.3 Å². The van der Waals surface area contributed by atoms with Gasteiger partial charge in [0, 0.05) is 24.1 Å². The number of halogens is 2. The number of aromatic nitrogens is 2. The molecule has 9 heteroatoms. The van der Waals surface area contributed by atoms with Crippen LogP contribution in [0.15, 0.2) is 48.5 Å². The summed E-state index contributed by atoms with van der Waals surface area (Å²) in [6.45, 7) is 11.9. The lowest BCUT2D eigenvalue weighted by molar-refractivity contribution is -0.116. The van der Waals surface area contributed by atoms with E-state index in [-0.39, 0.29) is 30.1 Å². The van der Waals surface area contributed by atoms with Crippen molar-refractivity contribution in [2.24, 2.45) is 5.92 Å². The zero-order valence-electron chi connectivity index (χ0n) is 21.5. The van der Waals surface area contributed by atoms with E-state index in [1.54, 1.807) is 4.68 Å². The molecule has 36 heavy (non-hydrogen) atoms. The SMILES string of the molecule is Cc1ccc(-n2nc(C(C)(C)C)cc2NC(=O)CN(CC(C)C)C(=O)Nc2ccc(F)cc2F)cc1. The summed E-state index contributed by atoms with van der Waals surface area (Å²) in [5, 5.41) is 10.0. The van der Waals surface area contributed by atoms with Crippen molar-refractivity contribution in [2.75, 3.05) is 23.7 Å². The van der Waals surface area contributed by atoms with Gasteiger partial charge in [0.2, 0.25) is 5.91 Å². The van der Waals surface area contributed by atoms with Gasteiger partial charge in [-0.25, -0.2) is 18.3 Å². The third kappa shape index (κ3) is 6.90. The molecule has 0 unspecified atom stereocenters. The summed E-state index contributed by atoms with van der Waals surface area (Å²) in [6, 6.07) is 11.8. The third-order valence-electron chi connectivity index (χ3n) is 5.40. The van der Waals surface area contributed by atoms with E-state index in [9.17, 15) is 18.4 Å². The van der Waals surface area contributed by atoms with E-state index < -0.39 is 23.6 Å². The number of rotatable bonds is 7. The quantitative estimate of drug-likeness (QED) is 0.428. The van der Waals surface area contributed by atoms with Crippen LogP contribution in [-0.2, 0) is 10.2 Å². The molecule has 0 atom stereocenters. The van der Waals surface area contributed by atoms with Crippen LogP contribution in [0.5, 0.6) is 0 Å². The van der Waals surface area contributed by atoms with Crippen LogP contribution in [0.2, 0.25) is 0 Å². The van der Waals surface area contributed by atoms with Crippen LogP contribution in [0.1, 0.15) is 45.9 Å². The summed E-state index contributed by atoms with van der Waals surface area (Å²) in [4.78, 5) is 27.2. The van der Waals surface area contributed by atoms with Crippen molar-refractivity contribution in [2.45, 2.75) is 47.0 Å².